The van der Waals surface area contributed by atoms with Crippen LogP contribution in [0.1, 0.15) is 12.0 Å². The fourth-order valence-corrected chi connectivity index (χ4v) is 1.91. The van der Waals surface area contributed by atoms with E-state index < -0.39 is 37.6 Å². The molecule has 0 radical (unpaired) electrons. The van der Waals surface area contributed by atoms with Gasteiger partial charge in [-0.1, -0.05) is 0 Å². The lowest BCUT2D eigenvalue weighted by Crippen LogP contribution is -2.08. The van der Waals surface area contributed by atoms with Crippen LogP contribution >= 0.6 is 10.7 Å². The first kappa shape index (κ1) is 12.1. The Hall–Kier alpha value is -1.02. The molecule has 0 unspecified atom stereocenters. The van der Waals surface area contributed by atoms with Crippen LogP contribution in [0.15, 0.2) is 11.2 Å². The summed E-state index contributed by atoms with van der Waals surface area (Å²) in [7, 11) is 0.347. The first-order valence-corrected chi connectivity index (χ1v) is 5.72. The van der Waals surface area contributed by atoms with Gasteiger partial charge >= 0.3 is 0 Å². The summed E-state index contributed by atoms with van der Waals surface area (Å²) in [6.45, 7) is 0. The molecule has 2 N–H and O–H groups in total. The van der Waals surface area contributed by atoms with E-state index in [1.54, 1.807) is 0 Å². The summed E-state index contributed by atoms with van der Waals surface area (Å²) in [5, 5.41) is -1.13. The van der Waals surface area contributed by atoms with E-state index in [9.17, 15) is 21.6 Å². The summed E-state index contributed by atoms with van der Waals surface area (Å²) in [6.07, 6.45) is -2.87. The van der Waals surface area contributed by atoms with Crippen molar-refractivity contribution in [2.24, 2.45) is 0 Å². The first-order valence-electron chi connectivity index (χ1n) is 3.42. The molecule has 84 valence electrons. The molecule has 0 fully saturated rings. The van der Waals surface area contributed by atoms with Gasteiger partial charge < -0.3 is 5.73 Å². The molecule has 0 aromatic carbocycles. The molecule has 15 heavy (non-hydrogen) atoms. The van der Waals surface area contributed by atoms with Gasteiger partial charge in [-0.3, -0.25) is 0 Å². The second kappa shape index (κ2) is 3.86. The van der Waals surface area contributed by atoms with Gasteiger partial charge in [0.1, 0.15) is 0 Å². The summed E-state index contributed by atoms with van der Waals surface area (Å²) in [6, 6.07) is 0. The molecule has 0 atom stereocenters. The number of hydrogen-bond donors (Lipinski definition) is 1. The number of anilines is 1. The molecule has 9 heteroatoms. The highest BCUT2D eigenvalue weighted by Gasteiger charge is 2.27. The van der Waals surface area contributed by atoms with E-state index in [0.29, 0.717) is 6.20 Å². The molecular weight excluding hydrogens is 257 g/mol. The number of halogens is 4. The highest BCUT2D eigenvalue weighted by Crippen LogP contribution is 2.32. The zero-order valence-electron chi connectivity index (χ0n) is 6.92. The summed E-state index contributed by atoms with van der Waals surface area (Å²) in [5.41, 5.74) is 2.77. The average molecular weight is 261 g/mol. The van der Waals surface area contributed by atoms with E-state index in [4.69, 9.17) is 16.4 Å². The third-order valence-corrected chi connectivity index (χ3v) is 2.75. The fraction of sp³-hybridized carbons (Fsp3) is 0.167. The number of nitrogens with two attached hydrogens (primary N) is 1. The summed E-state index contributed by atoms with van der Waals surface area (Å²) in [4.78, 5) is 2.98. The van der Waals surface area contributed by atoms with E-state index in [2.05, 4.69) is 4.98 Å². The third-order valence-electron chi connectivity index (χ3n) is 1.52. The van der Waals surface area contributed by atoms with Crippen molar-refractivity contribution >= 4 is 25.4 Å². The second-order valence-corrected chi connectivity index (χ2v) is 4.96. The number of rotatable bonds is 2. The number of nitrogens with zero attached hydrogens (tertiary/aromatic N) is 1. The van der Waals surface area contributed by atoms with Gasteiger partial charge in [-0.2, -0.15) is 0 Å². The van der Waals surface area contributed by atoms with Crippen molar-refractivity contribution in [2.75, 3.05) is 5.73 Å². The van der Waals surface area contributed by atoms with Crippen LogP contribution in [0.25, 0.3) is 0 Å². The molecular formula is C6H4ClF3N2O2S. The quantitative estimate of drug-likeness (QED) is 0.821. The van der Waals surface area contributed by atoms with Gasteiger partial charge in [-0.15, -0.1) is 0 Å². The van der Waals surface area contributed by atoms with Gasteiger partial charge in [0.25, 0.3) is 15.5 Å². The number of hydrogen-bond acceptors (Lipinski definition) is 4. The van der Waals surface area contributed by atoms with Gasteiger partial charge in [0, 0.05) is 10.7 Å². The Morgan fingerprint density at radius 2 is 2.00 bits per heavy atom. The zero-order valence-corrected chi connectivity index (χ0v) is 8.49. The van der Waals surface area contributed by atoms with Crippen molar-refractivity contribution in [1.82, 2.24) is 4.98 Å². The number of aromatic nitrogens is 1. The molecule has 0 aliphatic heterocycles. The van der Waals surface area contributed by atoms with E-state index in [0.717, 1.165) is 0 Å². The van der Waals surface area contributed by atoms with Crippen LogP contribution in [0.3, 0.4) is 0 Å². The molecule has 0 aliphatic rings. The predicted molar refractivity (Wildman–Crippen MR) is 46.6 cm³/mol. The maximum Gasteiger partial charge on any atom is 0.279 e. The van der Waals surface area contributed by atoms with Crippen molar-refractivity contribution in [3.8, 4) is 0 Å². The Morgan fingerprint density at radius 1 is 1.47 bits per heavy atom. The van der Waals surface area contributed by atoms with Gasteiger partial charge in [0.15, 0.2) is 10.8 Å². The molecule has 0 spiro atoms. The lowest BCUT2D eigenvalue weighted by atomic mass is 10.2. The smallest absolute Gasteiger partial charge is 0.279 e. The Morgan fingerprint density at radius 3 is 2.40 bits per heavy atom. The highest BCUT2D eigenvalue weighted by atomic mass is 35.7. The average Bonchev–Trinajstić information content (AvgIpc) is 2.06. The number of alkyl halides is 2. The highest BCUT2D eigenvalue weighted by molar-refractivity contribution is 8.13. The molecule has 0 saturated carbocycles. The molecule has 1 aromatic heterocycles. The number of pyridine rings is 1. The minimum absolute atomic E-state index is 0.413. The SMILES string of the molecule is Nc1c(F)cnc(S(=O)(=O)Cl)c1C(F)F. The minimum atomic E-state index is -4.48. The van der Waals surface area contributed by atoms with E-state index in [1.807, 2.05) is 0 Å². The van der Waals surface area contributed by atoms with Crippen molar-refractivity contribution in [2.45, 2.75) is 11.5 Å². The molecule has 0 saturated heterocycles. The summed E-state index contributed by atoms with van der Waals surface area (Å²) >= 11 is 0. The van der Waals surface area contributed by atoms with Crippen molar-refractivity contribution < 1.29 is 21.6 Å². The van der Waals surface area contributed by atoms with Crippen LogP contribution < -0.4 is 5.73 Å². The molecule has 1 aromatic rings. The third kappa shape index (κ3) is 2.32. The topological polar surface area (TPSA) is 73.0 Å². The van der Waals surface area contributed by atoms with Gasteiger partial charge in [0.05, 0.1) is 17.4 Å². The Balaban J connectivity index is 3.62. The molecule has 0 amide bonds. The fourth-order valence-electron chi connectivity index (χ4n) is 0.903. The first-order chi connectivity index (χ1) is 6.75. The molecule has 0 bridgehead atoms. The Bertz CT molecular complexity index is 491. The van der Waals surface area contributed by atoms with Gasteiger partial charge in [-0.05, 0) is 0 Å². The summed E-state index contributed by atoms with van der Waals surface area (Å²) < 4.78 is 59.2. The maximum atomic E-state index is 12.7. The van der Waals surface area contributed by atoms with Crippen LogP contribution in [0, 0.1) is 5.82 Å². The van der Waals surface area contributed by atoms with Crippen molar-refractivity contribution in [3.05, 3.63) is 17.6 Å². The monoisotopic (exact) mass is 260 g/mol. The lowest BCUT2D eigenvalue weighted by molar-refractivity contribution is 0.147. The lowest BCUT2D eigenvalue weighted by Gasteiger charge is -2.08. The van der Waals surface area contributed by atoms with Crippen LogP contribution in [-0.2, 0) is 9.05 Å². The van der Waals surface area contributed by atoms with Crippen molar-refractivity contribution in [1.29, 1.82) is 0 Å². The molecule has 4 nitrogen and oxygen atoms in total. The van der Waals surface area contributed by atoms with Gasteiger partial charge in [0.2, 0.25) is 0 Å². The zero-order chi connectivity index (χ0) is 11.8. The number of nitrogen functional groups attached to an aromatic ring is 1. The van der Waals surface area contributed by atoms with E-state index in [-0.39, 0.29) is 0 Å². The van der Waals surface area contributed by atoms with Crippen LogP contribution in [0.5, 0.6) is 0 Å². The minimum Gasteiger partial charge on any atom is -0.396 e. The Labute approximate surface area is 87.3 Å². The molecule has 1 rings (SSSR count). The normalized spacial score (nSPS) is 12.1. The molecule has 1 heterocycles. The Kier molecular flexibility index (Phi) is 3.10. The summed E-state index contributed by atoms with van der Waals surface area (Å²) in [5.74, 6) is -1.23. The van der Waals surface area contributed by atoms with E-state index >= 15 is 0 Å². The largest absolute Gasteiger partial charge is 0.396 e. The van der Waals surface area contributed by atoms with Crippen LogP contribution in [0.2, 0.25) is 0 Å². The van der Waals surface area contributed by atoms with Crippen LogP contribution in [-0.4, -0.2) is 13.4 Å². The van der Waals surface area contributed by atoms with Crippen LogP contribution in [0.4, 0.5) is 18.9 Å². The van der Waals surface area contributed by atoms with Gasteiger partial charge in [-0.25, -0.2) is 26.6 Å². The van der Waals surface area contributed by atoms with E-state index in [1.165, 1.54) is 0 Å². The second-order valence-electron chi connectivity index (χ2n) is 2.48. The van der Waals surface area contributed by atoms with Crippen molar-refractivity contribution in [3.63, 3.8) is 0 Å². The molecule has 0 aliphatic carbocycles. The predicted octanol–water partition coefficient (Wildman–Crippen LogP) is 1.67. The standard InChI is InChI=1S/C6H4ClF3N2O2S/c7-15(13,14)6-3(5(9)10)4(11)2(8)1-12-6/h1,5H,(H2,11,12). The maximum absolute atomic E-state index is 12.7.